The van der Waals surface area contributed by atoms with E-state index >= 15 is 0 Å². The number of carbonyl (C=O) groups is 1. The van der Waals surface area contributed by atoms with Crippen molar-refractivity contribution in [2.24, 2.45) is 0 Å². The smallest absolute Gasteiger partial charge is 0.337 e. The Kier molecular flexibility index (Phi) is 2.33. The molecule has 0 aromatic heterocycles. The second kappa shape index (κ2) is 3.11. The van der Waals surface area contributed by atoms with Crippen molar-refractivity contribution in [3.63, 3.8) is 0 Å². The Hall–Kier alpha value is -1.09. The lowest BCUT2D eigenvalue weighted by atomic mass is 10.1. The Balaban J connectivity index is 3.37. The standard InChI is InChI=1S/C8H6ClFO2/c1-4-2-5(8(11)12)7(9)6(10)3-4/h2-3H,1H3,(H,11,12). The molecule has 1 aromatic carbocycles. The van der Waals surface area contributed by atoms with Crippen LogP contribution in [-0.4, -0.2) is 11.1 Å². The van der Waals surface area contributed by atoms with Gasteiger partial charge in [0.2, 0.25) is 0 Å². The van der Waals surface area contributed by atoms with E-state index in [0.717, 1.165) is 0 Å². The minimum Gasteiger partial charge on any atom is -0.478 e. The molecule has 2 nitrogen and oxygen atoms in total. The van der Waals surface area contributed by atoms with E-state index in [1.54, 1.807) is 6.92 Å². The van der Waals surface area contributed by atoms with E-state index < -0.39 is 11.8 Å². The van der Waals surface area contributed by atoms with Gasteiger partial charge in [0.05, 0.1) is 10.6 Å². The third-order valence-electron chi connectivity index (χ3n) is 1.40. The van der Waals surface area contributed by atoms with E-state index in [2.05, 4.69) is 0 Å². The number of aromatic carboxylic acids is 1. The van der Waals surface area contributed by atoms with Crippen molar-refractivity contribution >= 4 is 17.6 Å². The highest BCUT2D eigenvalue weighted by Crippen LogP contribution is 2.21. The molecule has 12 heavy (non-hydrogen) atoms. The normalized spacial score (nSPS) is 9.92. The van der Waals surface area contributed by atoms with Gasteiger partial charge in [-0.15, -0.1) is 0 Å². The molecule has 0 fully saturated rings. The second-order valence-corrected chi connectivity index (χ2v) is 2.79. The zero-order valence-corrected chi connectivity index (χ0v) is 7.02. The lowest BCUT2D eigenvalue weighted by Crippen LogP contribution is -1.99. The third-order valence-corrected chi connectivity index (χ3v) is 1.79. The minimum atomic E-state index is -1.22. The van der Waals surface area contributed by atoms with E-state index in [9.17, 15) is 9.18 Å². The molecular weight excluding hydrogens is 183 g/mol. The van der Waals surface area contributed by atoms with Gasteiger partial charge in [0.1, 0.15) is 5.82 Å². The molecule has 0 unspecified atom stereocenters. The maximum absolute atomic E-state index is 12.8. The van der Waals surface area contributed by atoms with Crippen LogP contribution in [-0.2, 0) is 0 Å². The quantitative estimate of drug-likeness (QED) is 0.735. The minimum absolute atomic E-state index is 0.200. The third kappa shape index (κ3) is 1.56. The van der Waals surface area contributed by atoms with E-state index in [0.29, 0.717) is 5.56 Å². The Bertz CT molecular complexity index is 336. The highest BCUT2D eigenvalue weighted by Gasteiger charge is 2.12. The molecule has 0 aliphatic heterocycles. The van der Waals surface area contributed by atoms with Crippen LogP contribution in [0.1, 0.15) is 15.9 Å². The lowest BCUT2D eigenvalue weighted by molar-refractivity contribution is 0.0696. The lowest BCUT2D eigenvalue weighted by Gasteiger charge is -2.01. The van der Waals surface area contributed by atoms with E-state index in [1.165, 1.54) is 12.1 Å². The molecule has 64 valence electrons. The molecule has 0 aliphatic rings. The number of benzene rings is 1. The first kappa shape index (κ1) is 9.00. The predicted octanol–water partition coefficient (Wildman–Crippen LogP) is 2.49. The topological polar surface area (TPSA) is 37.3 Å². The highest BCUT2D eigenvalue weighted by molar-refractivity contribution is 6.33. The van der Waals surface area contributed by atoms with Crippen LogP contribution >= 0.6 is 11.6 Å². The van der Waals surface area contributed by atoms with E-state index in [-0.39, 0.29) is 10.6 Å². The summed E-state index contributed by atoms with van der Waals surface area (Å²) < 4.78 is 12.8. The summed E-state index contributed by atoms with van der Waals surface area (Å²) in [4.78, 5) is 10.5. The van der Waals surface area contributed by atoms with Gasteiger partial charge in [0.25, 0.3) is 0 Å². The monoisotopic (exact) mass is 188 g/mol. The zero-order chi connectivity index (χ0) is 9.30. The fraction of sp³-hybridized carbons (Fsp3) is 0.125. The summed E-state index contributed by atoms with van der Waals surface area (Å²) in [6.45, 7) is 1.60. The van der Waals surface area contributed by atoms with Crippen LogP contribution in [0.25, 0.3) is 0 Å². The van der Waals surface area contributed by atoms with Gasteiger partial charge in [0, 0.05) is 0 Å². The number of rotatable bonds is 1. The first-order valence-electron chi connectivity index (χ1n) is 3.21. The molecule has 0 spiro atoms. The molecule has 0 heterocycles. The van der Waals surface area contributed by atoms with Gasteiger partial charge < -0.3 is 5.11 Å². The number of halogens is 2. The summed E-state index contributed by atoms with van der Waals surface area (Å²) in [6.07, 6.45) is 0. The van der Waals surface area contributed by atoms with Crippen LogP contribution in [0.4, 0.5) is 4.39 Å². The molecule has 1 aromatic rings. The van der Waals surface area contributed by atoms with Crippen LogP contribution in [0.2, 0.25) is 5.02 Å². The van der Waals surface area contributed by atoms with Gasteiger partial charge in [-0.2, -0.15) is 0 Å². The second-order valence-electron chi connectivity index (χ2n) is 2.41. The summed E-state index contributed by atoms with van der Waals surface area (Å²) in [5.74, 6) is -1.92. The first-order chi connectivity index (χ1) is 5.52. The van der Waals surface area contributed by atoms with Crippen molar-refractivity contribution in [1.29, 1.82) is 0 Å². The Labute approximate surface area is 73.6 Å². The molecule has 1 rings (SSSR count). The highest BCUT2D eigenvalue weighted by atomic mass is 35.5. The molecule has 0 bridgehead atoms. The number of carboxylic acid groups (broad SMARTS) is 1. The van der Waals surface area contributed by atoms with Gasteiger partial charge in [-0.3, -0.25) is 0 Å². The number of hydrogen-bond acceptors (Lipinski definition) is 1. The van der Waals surface area contributed by atoms with Crippen molar-refractivity contribution < 1.29 is 14.3 Å². The molecular formula is C8H6ClFO2. The van der Waals surface area contributed by atoms with Gasteiger partial charge in [0.15, 0.2) is 0 Å². The molecule has 0 atom stereocenters. The van der Waals surface area contributed by atoms with Crippen LogP contribution in [0.5, 0.6) is 0 Å². The summed E-state index contributed by atoms with van der Waals surface area (Å²) in [7, 11) is 0. The molecule has 1 N–H and O–H groups in total. The average molecular weight is 189 g/mol. The van der Waals surface area contributed by atoms with Crippen LogP contribution in [0, 0.1) is 12.7 Å². The van der Waals surface area contributed by atoms with Crippen LogP contribution in [0.15, 0.2) is 12.1 Å². The summed E-state index contributed by atoms with van der Waals surface area (Å²) >= 11 is 5.40. The fourth-order valence-electron chi connectivity index (χ4n) is 0.880. The van der Waals surface area contributed by atoms with Gasteiger partial charge in [-0.1, -0.05) is 11.6 Å². The largest absolute Gasteiger partial charge is 0.478 e. The van der Waals surface area contributed by atoms with Crippen molar-refractivity contribution in [2.45, 2.75) is 6.92 Å². The van der Waals surface area contributed by atoms with Gasteiger partial charge >= 0.3 is 5.97 Å². The summed E-state index contributed by atoms with van der Waals surface area (Å²) in [5.41, 5.74) is 0.337. The number of hydrogen-bond donors (Lipinski definition) is 1. The molecule has 0 saturated carbocycles. The Morgan fingerprint density at radius 1 is 1.58 bits per heavy atom. The first-order valence-corrected chi connectivity index (χ1v) is 3.59. The van der Waals surface area contributed by atoms with Crippen LogP contribution in [0.3, 0.4) is 0 Å². The van der Waals surface area contributed by atoms with Crippen molar-refractivity contribution in [3.8, 4) is 0 Å². The SMILES string of the molecule is Cc1cc(F)c(Cl)c(C(=O)O)c1. The average Bonchev–Trinajstić information content (AvgIpc) is 1.96. The van der Waals surface area contributed by atoms with Crippen molar-refractivity contribution in [1.82, 2.24) is 0 Å². The number of carboxylic acids is 1. The van der Waals surface area contributed by atoms with Gasteiger partial charge in [-0.05, 0) is 24.6 Å². The molecule has 0 amide bonds. The van der Waals surface area contributed by atoms with E-state index in [1.807, 2.05) is 0 Å². The van der Waals surface area contributed by atoms with Crippen molar-refractivity contribution in [3.05, 3.63) is 34.1 Å². The van der Waals surface area contributed by atoms with Crippen molar-refractivity contribution in [2.75, 3.05) is 0 Å². The van der Waals surface area contributed by atoms with Crippen LogP contribution < -0.4 is 0 Å². The molecule has 0 radical (unpaired) electrons. The summed E-state index contributed by atoms with van der Waals surface area (Å²) in [5, 5.41) is 8.22. The molecule has 0 saturated heterocycles. The van der Waals surface area contributed by atoms with Gasteiger partial charge in [-0.25, -0.2) is 9.18 Å². The molecule has 4 heteroatoms. The zero-order valence-electron chi connectivity index (χ0n) is 6.27. The number of aryl methyl sites for hydroxylation is 1. The Morgan fingerprint density at radius 2 is 2.17 bits per heavy atom. The summed E-state index contributed by atoms with van der Waals surface area (Å²) in [6, 6.07) is 2.52. The fourth-order valence-corrected chi connectivity index (χ4v) is 1.07. The predicted molar refractivity (Wildman–Crippen MR) is 43.1 cm³/mol. The Morgan fingerprint density at radius 3 is 2.67 bits per heavy atom. The van der Waals surface area contributed by atoms with E-state index in [4.69, 9.17) is 16.7 Å². The maximum Gasteiger partial charge on any atom is 0.337 e. The maximum atomic E-state index is 12.8. The molecule has 0 aliphatic carbocycles.